The predicted molar refractivity (Wildman–Crippen MR) is 117 cm³/mol. The van der Waals surface area contributed by atoms with Crippen LogP contribution >= 0.6 is 11.8 Å². The van der Waals surface area contributed by atoms with Crippen LogP contribution in [0.5, 0.6) is 0 Å². The molecule has 144 valence electrons. The summed E-state index contributed by atoms with van der Waals surface area (Å²) in [7, 11) is 4.11. The fourth-order valence-corrected chi connectivity index (χ4v) is 4.76. The standard InChI is InChI=1S/C23H25N3OS/c1-25(2)21-15-9-6-10-17(21)16-28-23-24-20-14-8-7-13-19(20)22(27)26(23)18-11-4-3-5-12-18/h3-6,9-12,15H,7-8,13-14,16H2,1-2H3. The van der Waals surface area contributed by atoms with Crippen LogP contribution in [0.2, 0.25) is 0 Å². The van der Waals surface area contributed by atoms with E-state index in [2.05, 4.69) is 43.3 Å². The molecule has 0 aliphatic heterocycles. The number of hydrogen-bond donors (Lipinski definition) is 0. The number of fused-ring (bicyclic) bond motifs is 1. The highest BCUT2D eigenvalue weighted by Gasteiger charge is 2.20. The Morgan fingerprint density at radius 1 is 1.00 bits per heavy atom. The van der Waals surface area contributed by atoms with Gasteiger partial charge in [0, 0.05) is 31.1 Å². The topological polar surface area (TPSA) is 38.1 Å². The number of rotatable bonds is 5. The van der Waals surface area contributed by atoms with Crippen LogP contribution in [0.3, 0.4) is 0 Å². The van der Waals surface area contributed by atoms with Gasteiger partial charge in [0.1, 0.15) is 0 Å². The van der Waals surface area contributed by atoms with Crippen LogP contribution in [-0.4, -0.2) is 23.6 Å². The smallest absolute Gasteiger partial charge is 0.262 e. The number of hydrogen-bond acceptors (Lipinski definition) is 4. The molecule has 0 bridgehead atoms. The molecular weight excluding hydrogens is 366 g/mol. The molecule has 1 aromatic heterocycles. The van der Waals surface area contributed by atoms with Crippen molar-refractivity contribution in [3.05, 3.63) is 81.8 Å². The molecule has 0 N–H and O–H groups in total. The lowest BCUT2D eigenvalue weighted by atomic mass is 9.97. The van der Waals surface area contributed by atoms with E-state index < -0.39 is 0 Å². The number of nitrogens with zero attached hydrogens (tertiary/aromatic N) is 3. The van der Waals surface area contributed by atoms with E-state index >= 15 is 0 Å². The summed E-state index contributed by atoms with van der Waals surface area (Å²) in [5.74, 6) is 0.770. The fourth-order valence-electron chi connectivity index (χ4n) is 3.74. The van der Waals surface area contributed by atoms with E-state index in [0.29, 0.717) is 0 Å². The van der Waals surface area contributed by atoms with E-state index in [1.54, 1.807) is 16.3 Å². The van der Waals surface area contributed by atoms with Crippen molar-refractivity contribution >= 4 is 17.4 Å². The van der Waals surface area contributed by atoms with Crippen LogP contribution in [0, 0.1) is 0 Å². The first-order valence-corrected chi connectivity index (χ1v) is 10.7. The Labute approximate surface area is 170 Å². The Balaban J connectivity index is 1.76. The van der Waals surface area contributed by atoms with Crippen molar-refractivity contribution in [3.63, 3.8) is 0 Å². The summed E-state index contributed by atoms with van der Waals surface area (Å²) in [6.07, 6.45) is 3.92. The maximum atomic E-state index is 13.3. The highest BCUT2D eigenvalue weighted by atomic mass is 32.2. The van der Waals surface area contributed by atoms with Gasteiger partial charge < -0.3 is 4.90 Å². The number of benzene rings is 2. The molecule has 0 amide bonds. The molecule has 4 nitrogen and oxygen atoms in total. The lowest BCUT2D eigenvalue weighted by molar-refractivity contribution is 0.622. The molecule has 0 fully saturated rings. The van der Waals surface area contributed by atoms with Crippen molar-refractivity contribution in [1.82, 2.24) is 9.55 Å². The van der Waals surface area contributed by atoms with Gasteiger partial charge in [0.25, 0.3) is 5.56 Å². The monoisotopic (exact) mass is 391 g/mol. The zero-order valence-electron chi connectivity index (χ0n) is 16.4. The average Bonchev–Trinajstić information content (AvgIpc) is 2.73. The van der Waals surface area contributed by atoms with Crippen molar-refractivity contribution in [2.75, 3.05) is 19.0 Å². The summed E-state index contributed by atoms with van der Waals surface area (Å²) < 4.78 is 1.80. The minimum Gasteiger partial charge on any atom is -0.377 e. The fraction of sp³-hybridized carbons (Fsp3) is 0.304. The Hall–Kier alpha value is -2.53. The van der Waals surface area contributed by atoms with E-state index in [1.165, 1.54) is 11.3 Å². The molecule has 0 atom stereocenters. The van der Waals surface area contributed by atoms with E-state index in [-0.39, 0.29) is 5.56 Å². The quantitative estimate of drug-likeness (QED) is 0.475. The van der Waals surface area contributed by atoms with Crippen LogP contribution in [0.4, 0.5) is 5.69 Å². The second-order valence-corrected chi connectivity index (χ2v) is 8.26. The number of anilines is 1. The summed E-state index contributed by atoms with van der Waals surface area (Å²) in [5, 5.41) is 0.783. The minimum absolute atomic E-state index is 0.0966. The summed E-state index contributed by atoms with van der Waals surface area (Å²) in [6.45, 7) is 0. The second kappa shape index (κ2) is 8.23. The third-order valence-electron chi connectivity index (χ3n) is 5.17. The number of aromatic nitrogens is 2. The molecule has 0 radical (unpaired) electrons. The highest BCUT2D eigenvalue weighted by Crippen LogP contribution is 2.29. The zero-order valence-corrected chi connectivity index (χ0v) is 17.2. The van der Waals surface area contributed by atoms with E-state index in [4.69, 9.17) is 4.98 Å². The molecule has 3 aromatic rings. The molecule has 1 heterocycles. The van der Waals surface area contributed by atoms with E-state index in [0.717, 1.165) is 53.5 Å². The number of aryl methyl sites for hydroxylation is 1. The SMILES string of the molecule is CN(C)c1ccccc1CSc1nc2c(c(=O)n1-c1ccccc1)CCCC2. The molecule has 0 saturated carbocycles. The first kappa shape index (κ1) is 18.8. The molecule has 2 aromatic carbocycles. The Kier molecular flexibility index (Phi) is 5.53. The molecule has 0 saturated heterocycles. The molecular formula is C23H25N3OS. The van der Waals surface area contributed by atoms with Crippen molar-refractivity contribution in [1.29, 1.82) is 0 Å². The van der Waals surface area contributed by atoms with Crippen molar-refractivity contribution in [2.24, 2.45) is 0 Å². The largest absolute Gasteiger partial charge is 0.377 e. The Morgan fingerprint density at radius 2 is 1.71 bits per heavy atom. The zero-order chi connectivity index (χ0) is 19.5. The Bertz CT molecular complexity index is 1030. The number of thioether (sulfide) groups is 1. The molecule has 0 unspecified atom stereocenters. The van der Waals surface area contributed by atoms with Crippen molar-refractivity contribution in [3.8, 4) is 5.69 Å². The maximum Gasteiger partial charge on any atom is 0.262 e. The van der Waals surface area contributed by atoms with Crippen molar-refractivity contribution in [2.45, 2.75) is 36.6 Å². The van der Waals surface area contributed by atoms with Gasteiger partial charge in [-0.1, -0.05) is 48.2 Å². The summed E-state index contributed by atoms with van der Waals surface area (Å²) in [5.41, 5.74) is 5.31. The third kappa shape index (κ3) is 3.72. The summed E-state index contributed by atoms with van der Waals surface area (Å²) >= 11 is 1.64. The summed E-state index contributed by atoms with van der Waals surface area (Å²) in [6, 6.07) is 18.3. The van der Waals surface area contributed by atoms with Crippen LogP contribution in [0.25, 0.3) is 5.69 Å². The van der Waals surface area contributed by atoms with Crippen LogP contribution in [0.1, 0.15) is 29.7 Å². The van der Waals surface area contributed by atoms with E-state index in [9.17, 15) is 4.79 Å². The average molecular weight is 392 g/mol. The molecule has 28 heavy (non-hydrogen) atoms. The second-order valence-electron chi connectivity index (χ2n) is 7.31. The molecule has 5 heteroatoms. The van der Waals surface area contributed by atoms with Crippen LogP contribution in [0.15, 0.2) is 64.5 Å². The van der Waals surface area contributed by atoms with Gasteiger partial charge in [-0.15, -0.1) is 0 Å². The van der Waals surface area contributed by atoms with Gasteiger partial charge in [-0.25, -0.2) is 4.98 Å². The predicted octanol–water partition coefficient (Wildman–Crippen LogP) is 4.47. The minimum atomic E-state index is 0.0966. The van der Waals surface area contributed by atoms with Crippen LogP contribution < -0.4 is 10.5 Å². The molecule has 4 rings (SSSR count). The maximum absolute atomic E-state index is 13.3. The first-order chi connectivity index (χ1) is 13.6. The van der Waals surface area contributed by atoms with Crippen molar-refractivity contribution < 1.29 is 0 Å². The van der Waals surface area contributed by atoms with E-state index in [1.807, 2.05) is 30.3 Å². The van der Waals surface area contributed by atoms with Gasteiger partial charge in [0.2, 0.25) is 0 Å². The van der Waals surface area contributed by atoms with Gasteiger partial charge in [0.05, 0.1) is 11.4 Å². The van der Waals surface area contributed by atoms with Gasteiger partial charge in [0.15, 0.2) is 5.16 Å². The lowest BCUT2D eigenvalue weighted by Crippen LogP contribution is -2.29. The number of para-hydroxylation sites is 2. The molecule has 1 aliphatic rings. The lowest BCUT2D eigenvalue weighted by Gasteiger charge is -2.20. The van der Waals surface area contributed by atoms with Gasteiger partial charge >= 0.3 is 0 Å². The molecule has 0 spiro atoms. The van der Waals surface area contributed by atoms with Crippen LogP contribution in [-0.2, 0) is 18.6 Å². The van der Waals surface area contributed by atoms with Gasteiger partial charge in [-0.05, 0) is 49.4 Å². The molecule has 1 aliphatic carbocycles. The normalized spacial score (nSPS) is 13.2. The first-order valence-electron chi connectivity index (χ1n) is 9.73. The summed E-state index contributed by atoms with van der Waals surface area (Å²) in [4.78, 5) is 20.4. The Morgan fingerprint density at radius 3 is 2.50 bits per heavy atom. The van der Waals surface area contributed by atoms with Gasteiger partial charge in [-0.3, -0.25) is 9.36 Å². The van der Waals surface area contributed by atoms with Gasteiger partial charge in [-0.2, -0.15) is 0 Å². The highest BCUT2D eigenvalue weighted by molar-refractivity contribution is 7.98. The third-order valence-corrected chi connectivity index (χ3v) is 6.15.